The van der Waals surface area contributed by atoms with Gasteiger partial charge in [0.15, 0.2) is 0 Å². The van der Waals surface area contributed by atoms with Crippen LogP contribution in [0.5, 0.6) is 0 Å². The number of rotatable bonds is 5. The number of aliphatic carboxylic acids is 1. The molecule has 0 aliphatic carbocycles. The van der Waals surface area contributed by atoms with Crippen molar-refractivity contribution in [3.63, 3.8) is 0 Å². The first-order valence-electron chi connectivity index (χ1n) is 4.13. The molecule has 0 aliphatic heterocycles. The highest BCUT2D eigenvalue weighted by atomic mass is 16.4. The molecule has 7 heteroatoms. The monoisotopic (exact) mass is 214 g/mol. The summed E-state index contributed by atoms with van der Waals surface area (Å²) in [5.74, 6) is -2.53. The lowest BCUT2D eigenvalue weighted by molar-refractivity contribution is -0.297. The van der Waals surface area contributed by atoms with Crippen LogP contribution in [-0.2, 0) is 14.4 Å². The molecule has 0 spiro atoms. The number of carboxylic acid groups (broad SMARTS) is 1. The van der Waals surface area contributed by atoms with E-state index in [4.69, 9.17) is 5.73 Å². The van der Waals surface area contributed by atoms with Crippen LogP contribution in [0.25, 0.3) is 0 Å². The molecular weight excluding hydrogens is 202 g/mol. The molecule has 0 heterocycles. The molecule has 0 bridgehead atoms. The average molecular weight is 214 g/mol. The molecule has 15 heavy (non-hydrogen) atoms. The minimum Gasteiger partial charge on any atom is -0.545 e. The summed E-state index contributed by atoms with van der Waals surface area (Å²) in [5.41, 5.74) is 5.23. The van der Waals surface area contributed by atoms with E-state index in [2.05, 4.69) is 10.6 Å². The molecule has 0 aromatic rings. The Balaban J connectivity index is 3.73. The third kappa shape index (κ3) is 7.20. The second-order valence-electron chi connectivity index (χ2n) is 2.70. The zero-order chi connectivity index (χ0) is 11.8. The molecule has 0 aromatic heterocycles. The molecule has 4 N–H and O–H groups in total. The second-order valence-corrected chi connectivity index (χ2v) is 2.70. The quantitative estimate of drug-likeness (QED) is 0.329. The first-order chi connectivity index (χ1) is 6.93. The molecule has 1 atom stereocenters. The fraction of sp³-hybridized carbons (Fsp3) is 0.375. The molecule has 0 unspecified atom stereocenters. The number of amides is 2. The number of hydrogen-bond acceptors (Lipinski definition) is 5. The van der Waals surface area contributed by atoms with Crippen LogP contribution in [0.1, 0.15) is 6.92 Å². The SMILES string of the molecule is C[C@H](N)C(=O)NCNC(=O)/C=C/C(=O)[O-]. The predicted molar refractivity (Wildman–Crippen MR) is 48.9 cm³/mol. The number of nitrogens with two attached hydrogens (primary N) is 1. The van der Waals surface area contributed by atoms with Crippen molar-refractivity contribution in [1.82, 2.24) is 10.6 Å². The lowest BCUT2D eigenvalue weighted by atomic mass is 10.3. The second kappa shape index (κ2) is 6.55. The molecule has 7 nitrogen and oxygen atoms in total. The van der Waals surface area contributed by atoms with Crippen molar-refractivity contribution in [2.45, 2.75) is 13.0 Å². The highest BCUT2D eigenvalue weighted by Gasteiger charge is 2.05. The first kappa shape index (κ1) is 13.1. The summed E-state index contributed by atoms with van der Waals surface area (Å²) in [4.78, 5) is 31.6. The molecule has 84 valence electrons. The van der Waals surface area contributed by atoms with E-state index in [1.54, 1.807) is 0 Å². The topological polar surface area (TPSA) is 124 Å². The van der Waals surface area contributed by atoms with E-state index in [9.17, 15) is 19.5 Å². The van der Waals surface area contributed by atoms with Crippen LogP contribution >= 0.6 is 0 Å². The Morgan fingerprint density at radius 2 is 1.93 bits per heavy atom. The predicted octanol–water partition coefficient (Wildman–Crippen LogP) is -3.17. The van der Waals surface area contributed by atoms with E-state index >= 15 is 0 Å². The van der Waals surface area contributed by atoms with E-state index in [1.165, 1.54) is 6.92 Å². The zero-order valence-corrected chi connectivity index (χ0v) is 8.15. The summed E-state index contributed by atoms with van der Waals surface area (Å²) in [6, 6.07) is -0.666. The minimum absolute atomic E-state index is 0.114. The summed E-state index contributed by atoms with van der Waals surface area (Å²) in [5, 5.41) is 14.4. The Bertz CT molecular complexity index is 286. The molecule has 0 radical (unpaired) electrons. The van der Waals surface area contributed by atoms with Crippen molar-refractivity contribution < 1.29 is 19.5 Å². The van der Waals surface area contributed by atoms with Gasteiger partial charge in [0.25, 0.3) is 0 Å². The van der Waals surface area contributed by atoms with Gasteiger partial charge in [-0.25, -0.2) is 0 Å². The number of nitrogens with one attached hydrogen (secondary N) is 2. The Morgan fingerprint density at radius 3 is 2.40 bits per heavy atom. The molecule has 2 amide bonds. The Morgan fingerprint density at radius 1 is 1.33 bits per heavy atom. The Hall–Kier alpha value is -1.89. The smallest absolute Gasteiger partial charge is 0.245 e. The van der Waals surface area contributed by atoms with Gasteiger partial charge in [0.2, 0.25) is 11.8 Å². The van der Waals surface area contributed by atoms with Crippen molar-refractivity contribution in [3.05, 3.63) is 12.2 Å². The van der Waals surface area contributed by atoms with Gasteiger partial charge in [0.05, 0.1) is 18.7 Å². The zero-order valence-electron chi connectivity index (χ0n) is 8.15. The number of hydrogen-bond donors (Lipinski definition) is 3. The normalized spacial score (nSPS) is 12.1. The van der Waals surface area contributed by atoms with Crippen LogP contribution in [0.15, 0.2) is 12.2 Å². The number of carbonyl (C=O) groups is 3. The standard InChI is InChI=1S/C8H13N3O4/c1-5(9)8(15)11-4-10-6(12)2-3-7(13)14/h2-3,5H,4,9H2,1H3,(H,10,12)(H,11,15)(H,13,14)/p-1/b3-2+/t5-/m0/s1. The van der Waals surface area contributed by atoms with E-state index in [-0.39, 0.29) is 6.67 Å². The molecule has 0 rings (SSSR count). The first-order valence-corrected chi connectivity index (χ1v) is 4.13. The van der Waals surface area contributed by atoms with Crippen molar-refractivity contribution in [3.8, 4) is 0 Å². The third-order valence-electron chi connectivity index (χ3n) is 1.31. The van der Waals surface area contributed by atoms with Crippen molar-refractivity contribution in [2.75, 3.05) is 6.67 Å². The number of carbonyl (C=O) groups excluding carboxylic acids is 3. The van der Waals surface area contributed by atoms with Crippen LogP contribution in [-0.4, -0.2) is 30.5 Å². The van der Waals surface area contributed by atoms with Gasteiger partial charge in [-0.3, -0.25) is 9.59 Å². The van der Waals surface area contributed by atoms with Crippen molar-refractivity contribution in [2.24, 2.45) is 5.73 Å². The maximum Gasteiger partial charge on any atom is 0.245 e. The van der Waals surface area contributed by atoms with E-state index in [0.29, 0.717) is 6.08 Å². The van der Waals surface area contributed by atoms with Crippen LogP contribution < -0.4 is 21.5 Å². The molecule has 0 saturated heterocycles. The molecule has 0 saturated carbocycles. The lowest BCUT2D eigenvalue weighted by Gasteiger charge is -2.07. The van der Waals surface area contributed by atoms with Crippen LogP contribution in [0.2, 0.25) is 0 Å². The van der Waals surface area contributed by atoms with Gasteiger partial charge in [-0.2, -0.15) is 0 Å². The van der Waals surface area contributed by atoms with Gasteiger partial charge in [0.1, 0.15) is 0 Å². The molecular formula is C8H12N3O4-. The highest BCUT2D eigenvalue weighted by molar-refractivity contribution is 5.93. The minimum atomic E-state index is -1.47. The van der Waals surface area contributed by atoms with Crippen molar-refractivity contribution >= 4 is 17.8 Å². The van der Waals surface area contributed by atoms with Gasteiger partial charge < -0.3 is 26.3 Å². The molecule has 0 aromatic carbocycles. The van der Waals surface area contributed by atoms with Gasteiger partial charge in [-0.1, -0.05) is 0 Å². The Kier molecular flexibility index (Phi) is 5.72. The largest absolute Gasteiger partial charge is 0.545 e. The van der Waals surface area contributed by atoms with Crippen LogP contribution in [0, 0.1) is 0 Å². The molecule has 0 fully saturated rings. The summed E-state index contributed by atoms with van der Waals surface area (Å²) in [6.07, 6.45) is 1.37. The third-order valence-corrected chi connectivity index (χ3v) is 1.31. The van der Waals surface area contributed by atoms with Gasteiger partial charge in [-0.15, -0.1) is 0 Å². The van der Waals surface area contributed by atoms with E-state index < -0.39 is 23.8 Å². The number of carboxylic acids is 1. The van der Waals surface area contributed by atoms with Gasteiger partial charge >= 0.3 is 0 Å². The van der Waals surface area contributed by atoms with E-state index in [1.807, 2.05) is 0 Å². The highest BCUT2D eigenvalue weighted by Crippen LogP contribution is 1.74. The molecule has 0 aliphatic rings. The Labute approximate surface area is 86.3 Å². The summed E-state index contributed by atoms with van der Waals surface area (Å²) in [7, 11) is 0. The van der Waals surface area contributed by atoms with Crippen molar-refractivity contribution in [1.29, 1.82) is 0 Å². The average Bonchev–Trinajstić information content (AvgIpc) is 2.14. The van der Waals surface area contributed by atoms with Crippen LogP contribution in [0.3, 0.4) is 0 Å². The van der Waals surface area contributed by atoms with Crippen LogP contribution in [0.4, 0.5) is 0 Å². The van der Waals surface area contributed by atoms with Gasteiger partial charge in [0, 0.05) is 6.08 Å². The lowest BCUT2D eigenvalue weighted by Crippen LogP contribution is -2.43. The summed E-state index contributed by atoms with van der Waals surface area (Å²) in [6.45, 7) is 1.38. The van der Waals surface area contributed by atoms with Gasteiger partial charge in [-0.05, 0) is 13.0 Å². The summed E-state index contributed by atoms with van der Waals surface area (Å²) >= 11 is 0. The fourth-order valence-electron chi connectivity index (χ4n) is 0.582. The maximum atomic E-state index is 10.9. The maximum absolute atomic E-state index is 10.9. The van der Waals surface area contributed by atoms with E-state index in [0.717, 1.165) is 6.08 Å². The summed E-state index contributed by atoms with van der Waals surface area (Å²) < 4.78 is 0. The fourth-order valence-corrected chi connectivity index (χ4v) is 0.582.